The fraction of sp³-hybridized carbons (Fsp3) is 0.458. The highest BCUT2D eigenvalue weighted by Crippen LogP contribution is 2.53. The maximum absolute atomic E-state index is 10.9. The summed E-state index contributed by atoms with van der Waals surface area (Å²) in [4.78, 5) is 10.9. The second-order valence-electron chi connectivity index (χ2n) is 8.38. The summed E-state index contributed by atoms with van der Waals surface area (Å²) < 4.78 is 11.8. The van der Waals surface area contributed by atoms with Crippen molar-refractivity contribution in [1.82, 2.24) is 0 Å². The highest BCUT2D eigenvalue weighted by atomic mass is 16.5. The van der Waals surface area contributed by atoms with Crippen molar-refractivity contribution in [1.29, 1.82) is 0 Å². The number of para-hydroxylation sites is 1. The lowest BCUT2D eigenvalue weighted by Gasteiger charge is -2.36. The van der Waals surface area contributed by atoms with Crippen molar-refractivity contribution in [3.05, 3.63) is 59.7 Å². The maximum atomic E-state index is 10.9. The number of ether oxygens (including phenoxy) is 2. The molecule has 2 aliphatic rings. The first kappa shape index (κ1) is 19.8. The predicted octanol–water partition coefficient (Wildman–Crippen LogP) is 4.36. The average Bonchev–Trinajstić information content (AvgIpc) is 3.29. The summed E-state index contributed by atoms with van der Waals surface area (Å²) in [5.74, 6) is -0.00102. The summed E-state index contributed by atoms with van der Waals surface area (Å²) in [5, 5.41) is 18.7. The quantitative estimate of drug-likeness (QED) is 0.659. The monoisotopic (exact) mass is 396 g/mol. The highest BCUT2D eigenvalue weighted by Gasteiger charge is 2.51. The molecule has 3 atom stereocenters. The van der Waals surface area contributed by atoms with Gasteiger partial charge in [0.25, 0.3) is 0 Å². The van der Waals surface area contributed by atoms with Crippen LogP contribution in [-0.2, 0) is 22.4 Å². The molecular formula is C24H28O5. The summed E-state index contributed by atoms with van der Waals surface area (Å²) >= 11 is 0. The van der Waals surface area contributed by atoms with Crippen molar-refractivity contribution >= 4 is 5.97 Å². The third kappa shape index (κ3) is 4.56. The van der Waals surface area contributed by atoms with Crippen LogP contribution in [0.4, 0.5) is 0 Å². The molecule has 0 radical (unpaired) electrons. The minimum atomic E-state index is -0.969. The molecule has 2 bridgehead atoms. The Morgan fingerprint density at radius 1 is 1.17 bits per heavy atom. The minimum absolute atomic E-state index is 0.0580. The van der Waals surface area contributed by atoms with Crippen LogP contribution in [0.3, 0.4) is 0 Å². The number of fused-ring (bicyclic) bond motifs is 2. The second kappa shape index (κ2) is 8.46. The Hall–Kier alpha value is -2.53. The lowest BCUT2D eigenvalue weighted by molar-refractivity contribution is -0.139. The lowest BCUT2D eigenvalue weighted by atomic mass is 9.67. The molecule has 0 amide bonds. The first-order chi connectivity index (χ1) is 14.0. The van der Waals surface area contributed by atoms with Gasteiger partial charge in [-0.15, -0.1) is 0 Å². The summed E-state index contributed by atoms with van der Waals surface area (Å²) in [6, 6.07) is 15.2. The van der Waals surface area contributed by atoms with E-state index in [0.29, 0.717) is 17.6 Å². The Bertz CT molecular complexity index is 864. The Morgan fingerprint density at radius 2 is 2.03 bits per heavy atom. The predicted molar refractivity (Wildman–Crippen MR) is 109 cm³/mol. The van der Waals surface area contributed by atoms with E-state index >= 15 is 0 Å². The molecule has 0 aromatic heterocycles. The molecule has 2 fully saturated rings. The van der Waals surface area contributed by atoms with Gasteiger partial charge in [-0.3, -0.25) is 0 Å². The SMILES string of the molecule is O=C(O)COc1ccccc1C[C@]1(CCCc2cccc(O)c2)C[C@@H]2CC[C@H]1O2. The van der Waals surface area contributed by atoms with Gasteiger partial charge in [0, 0.05) is 5.41 Å². The number of phenols is 1. The molecule has 5 nitrogen and oxygen atoms in total. The zero-order chi connectivity index (χ0) is 20.3. The largest absolute Gasteiger partial charge is 0.508 e. The van der Waals surface area contributed by atoms with Gasteiger partial charge in [0.05, 0.1) is 12.2 Å². The summed E-state index contributed by atoms with van der Waals surface area (Å²) in [6.07, 6.45) is 7.69. The molecule has 29 heavy (non-hydrogen) atoms. The molecule has 0 unspecified atom stereocenters. The molecule has 0 aliphatic carbocycles. The van der Waals surface area contributed by atoms with E-state index in [1.165, 1.54) is 0 Å². The van der Waals surface area contributed by atoms with Crippen molar-refractivity contribution in [3.63, 3.8) is 0 Å². The van der Waals surface area contributed by atoms with Gasteiger partial charge in [0.15, 0.2) is 6.61 Å². The number of phenolic OH excluding ortho intramolecular Hbond substituents is 1. The number of rotatable bonds is 9. The molecule has 2 aliphatic heterocycles. The molecule has 5 heteroatoms. The van der Waals surface area contributed by atoms with Crippen molar-refractivity contribution < 1.29 is 24.5 Å². The van der Waals surface area contributed by atoms with Gasteiger partial charge in [-0.1, -0.05) is 30.3 Å². The molecule has 2 aromatic rings. The molecular weight excluding hydrogens is 368 g/mol. The van der Waals surface area contributed by atoms with Crippen LogP contribution in [0.1, 0.15) is 43.2 Å². The third-order valence-electron chi connectivity index (χ3n) is 6.34. The van der Waals surface area contributed by atoms with Gasteiger partial charge in [0.2, 0.25) is 0 Å². The van der Waals surface area contributed by atoms with Crippen LogP contribution in [0.25, 0.3) is 0 Å². The Balaban J connectivity index is 1.49. The van der Waals surface area contributed by atoms with E-state index in [2.05, 4.69) is 6.07 Å². The van der Waals surface area contributed by atoms with E-state index in [4.69, 9.17) is 14.6 Å². The Kier molecular flexibility index (Phi) is 5.76. The van der Waals surface area contributed by atoms with Crippen LogP contribution in [-0.4, -0.2) is 35.0 Å². The molecule has 0 spiro atoms. The van der Waals surface area contributed by atoms with Crippen LogP contribution < -0.4 is 4.74 Å². The van der Waals surface area contributed by atoms with E-state index in [1.54, 1.807) is 6.07 Å². The van der Waals surface area contributed by atoms with Crippen molar-refractivity contribution in [3.8, 4) is 11.5 Å². The van der Waals surface area contributed by atoms with Crippen LogP contribution >= 0.6 is 0 Å². The fourth-order valence-electron chi connectivity index (χ4n) is 5.09. The molecule has 154 valence electrons. The Labute approximate surface area is 171 Å². The first-order valence-electron chi connectivity index (χ1n) is 10.4. The minimum Gasteiger partial charge on any atom is -0.508 e. The lowest BCUT2D eigenvalue weighted by Crippen LogP contribution is -2.35. The van der Waals surface area contributed by atoms with Gasteiger partial charge in [-0.25, -0.2) is 4.79 Å². The number of benzene rings is 2. The number of carboxylic acids is 1. The zero-order valence-electron chi connectivity index (χ0n) is 16.5. The van der Waals surface area contributed by atoms with E-state index in [0.717, 1.165) is 56.1 Å². The van der Waals surface area contributed by atoms with Crippen molar-refractivity contribution in [2.24, 2.45) is 5.41 Å². The molecule has 2 heterocycles. The molecule has 0 saturated carbocycles. The molecule has 4 rings (SSSR count). The fourth-order valence-corrected chi connectivity index (χ4v) is 5.09. The van der Waals surface area contributed by atoms with Crippen LogP contribution in [0.2, 0.25) is 0 Å². The van der Waals surface area contributed by atoms with Gasteiger partial charge < -0.3 is 19.7 Å². The smallest absolute Gasteiger partial charge is 0.341 e. The molecule has 2 aromatic carbocycles. The molecule has 2 saturated heterocycles. The number of aromatic hydroxyl groups is 1. The van der Waals surface area contributed by atoms with Crippen molar-refractivity contribution in [2.75, 3.05) is 6.61 Å². The standard InChI is InChI=1S/C24H28O5/c25-19-8-3-5-17(13-19)6-4-12-24(15-20-10-11-22(24)29-20)14-18-7-1-2-9-21(18)28-16-23(26)27/h1-3,5,7-9,13,20,22,25H,4,6,10-12,14-16H2,(H,26,27)/t20-,22+,24+/m0/s1. The summed E-state index contributed by atoms with van der Waals surface area (Å²) in [7, 11) is 0. The van der Waals surface area contributed by atoms with Gasteiger partial charge >= 0.3 is 5.97 Å². The second-order valence-corrected chi connectivity index (χ2v) is 8.38. The van der Waals surface area contributed by atoms with Crippen LogP contribution in [0, 0.1) is 5.41 Å². The Morgan fingerprint density at radius 3 is 2.76 bits per heavy atom. The van der Waals surface area contributed by atoms with Crippen LogP contribution in [0.15, 0.2) is 48.5 Å². The summed E-state index contributed by atoms with van der Waals surface area (Å²) in [5.41, 5.74) is 2.26. The molecule has 2 N–H and O–H groups in total. The van der Waals surface area contributed by atoms with Gasteiger partial charge in [-0.05, 0) is 74.3 Å². The normalized spacial score (nSPS) is 25.2. The summed E-state index contributed by atoms with van der Waals surface area (Å²) in [6.45, 7) is -0.329. The van der Waals surface area contributed by atoms with E-state index in [1.807, 2.05) is 36.4 Å². The average molecular weight is 396 g/mol. The number of aliphatic carboxylic acids is 1. The van der Waals surface area contributed by atoms with E-state index < -0.39 is 5.97 Å². The first-order valence-corrected chi connectivity index (χ1v) is 10.4. The highest BCUT2D eigenvalue weighted by molar-refractivity contribution is 5.68. The number of hydrogen-bond acceptors (Lipinski definition) is 4. The van der Waals surface area contributed by atoms with E-state index in [-0.39, 0.29) is 18.1 Å². The van der Waals surface area contributed by atoms with Gasteiger partial charge in [-0.2, -0.15) is 0 Å². The number of aryl methyl sites for hydroxylation is 1. The van der Waals surface area contributed by atoms with Crippen molar-refractivity contribution in [2.45, 2.75) is 57.2 Å². The van der Waals surface area contributed by atoms with E-state index in [9.17, 15) is 9.90 Å². The maximum Gasteiger partial charge on any atom is 0.341 e. The third-order valence-corrected chi connectivity index (χ3v) is 6.34. The van der Waals surface area contributed by atoms with Crippen LogP contribution in [0.5, 0.6) is 11.5 Å². The number of carboxylic acid groups (broad SMARTS) is 1. The zero-order valence-corrected chi connectivity index (χ0v) is 16.5. The topological polar surface area (TPSA) is 76.0 Å². The number of hydrogen-bond donors (Lipinski definition) is 2. The number of carbonyl (C=O) groups is 1. The van der Waals surface area contributed by atoms with Gasteiger partial charge in [0.1, 0.15) is 11.5 Å².